The first-order valence-corrected chi connectivity index (χ1v) is 6.39. The molecular formula is C16H19NO. The average molecular weight is 241 g/mol. The first-order valence-electron chi connectivity index (χ1n) is 6.39. The van der Waals surface area contributed by atoms with Crippen LogP contribution in [0.1, 0.15) is 18.9 Å². The molecule has 2 heteroatoms. The van der Waals surface area contributed by atoms with E-state index >= 15 is 0 Å². The number of nitrogens with one attached hydrogen (secondary N) is 1. The third-order valence-corrected chi connectivity index (χ3v) is 2.67. The van der Waals surface area contributed by atoms with Crippen LogP contribution in [0.2, 0.25) is 0 Å². The summed E-state index contributed by atoms with van der Waals surface area (Å²) in [7, 11) is 0. The van der Waals surface area contributed by atoms with E-state index < -0.39 is 0 Å². The molecule has 18 heavy (non-hydrogen) atoms. The molecular weight excluding hydrogens is 222 g/mol. The predicted octanol–water partition coefficient (Wildman–Crippen LogP) is 4.09. The molecule has 0 bridgehead atoms. The molecule has 0 radical (unpaired) electrons. The Labute approximate surface area is 109 Å². The third kappa shape index (κ3) is 3.81. The van der Waals surface area contributed by atoms with Gasteiger partial charge in [-0.3, -0.25) is 0 Å². The molecule has 0 spiro atoms. The van der Waals surface area contributed by atoms with Crippen molar-refractivity contribution in [2.75, 3.05) is 11.9 Å². The van der Waals surface area contributed by atoms with E-state index in [0.717, 1.165) is 31.0 Å². The van der Waals surface area contributed by atoms with E-state index in [0.29, 0.717) is 0 Å². The first kappa shape index (κ1) is 12.5. The van der Waals surface area contributed by atoms with Gasteiger partial charge in [-0.15, -0.1) is 0 Å². The summed E-state index contributed by atoms with van der Waals surface area (Å²) < 4.78 is 5.55. The molecule has 1 N–H and O–H groups in total. The predicted molar refractivity (Wildman–Crippen MR) is 76.0 cm³/mol. The molecule has 2 aromatic carbocycles. The average Bonchev–Trinajstić information content (AvgIpc) is 2.45. The van der Waals surface area contributed by atoms with E-state index in [4.69, 9.17) is 4.74 Å². The summed E-state index contributed by atoms with van der Waals surface area (Å²) in [6.07, 6.45) is 1.04. The third-order valence-electron chi connectivity index (χ3n) is 2.67. The maximum Gasteiger partial charge on any atom is 0.119 e. The zero-order valence-corrected chi connectivity index (χ0v) is 10.7. The highest BCUT2D eigenvalue weighted by atomic mass is 16.5. The molecule has 0 aliphatic heterocycles. The second-order valence-corrected chi connectivity index (χ2v) is 4.21. The van der Waals surface area contributed by atoms with Gasteiger partial charge in [0.2, 0.25) is 0 Å². The van der Waals surface area contributed by atoms with Crippen LogP contribution < -0.4 is 10.1 Å². The summed E-state index contributed by atoms with van der Waals surface area (Å²) >= 11 is 0. The van der Waals surface area contributed by atoms with Crippen molar-refractivity contribution < 1.29 is 4.74 Å². The summed E-state index contributed by atoms with van der Waals surface area (Å²) in [4.78, 5) is 0. The Bertz CT molecular complexity index is 450. The van der Waals surface area contributed by atoms with Crippen molar-refractivity contribution in [3.63, 3.8) is 0 Å². The van der Waals surface area contributed by atoms with Crippen LogP contribution >= 0.6 is 0 Å². The van der Waals surface area contributed by atoms with E-state index in [1.165, 1.54) is 5.56 Å². The molecule has 0 atom stereocenters. The quantitative estimate of drug-likeness (QED) is 0.822. The summed E-state index contributed by atoms with van der Waals surface area (Å²) in [5.41, 5.74) is 2.39. The highest BCUT2D eigenvalue weighted by Crippen LogP contribution is 2.16. The van der Waals surface area contributed by atoms with Gasteiger partial charge in [0.05, 0.1) is 6.61 Å². The highest BCUT2D eigenvalue weighted by Gasteiger charge is 1.95. The molecule has 0 saturated heterocycles. The Morgan fingerprint density at radius 3 is 2.33 bits per heavy atom. The fourth-order valence-electron chi connectivity index (χ4n) is 1.69. The molecule has 94 valence electrons. The molecule has 0 fully saturated rings. The van der Waals surface area contributed by atoms with Crippen molar-refractivity contribution in [2.24, 2.45) is 0 Å². The van der Waals surface area contributed by atoms with Crippen molar-refractivity contribution in [2.45, 2.75) is 19.9 Å². The summed E-state index contributed by atoms with van der Waals surface area (Å²) in [5, 5.41) is 3.39. The molecule has 2 aromatic rings. The van der Waals surface area contributed by atoms with Gasteiger partial charge in [-0.25, -0.2) is 0 Å². The number of rotatable bonds is 6. The van der Waals surface area contributed by atoms with Crippen molar-refractivity contribution in [3.8, 4) is 5.75 Å². The lowest BCUT2D eigenvalue weighted by Crippen LogP contribution is -1.99. The minimum absolute atomic E-state index is 0.775. The normalized spacial score (nSPS) is 10.1. The van der Waals surface area contributed by atoms with Crippen LogP contribution in [0, 0.1) is 0 Å². The summed E-state index contributed by atoms with van der Waals surface area (Å²) in [6, 6.07) is 18.5. The van der Waals surface area contributed by atoms with Crippen molar-refractivity contribution in [3.05, 3.63) is 60.2 Å². The van der Waals surface area contributed by atoms with Gasteiger partial charge in [0.25, 0.3) is 0 Å². The van der Waals surface area contributed by atoms with Crippen LogP contribution in [-0.4, -0.2) is 6.61 Å². The van der Waals surface area contributed by atoms with Crippen LogP contribution in [0.25, 0.3) is 0 Å². The van der Waals surface area contributed by atoms with Gasteiger partial charge in [0, 0.05) is 12.2 Å². The van der Waals surface area contributed by atoms with Gasteiger partial charge in [-0.1, -0.05) is 37.3 Å². The zero-order valence-electron chi connectivity index (χ0n) is 10.7. The fourth-order valence-corrected chi connectivity index (χ4v) is 1.69. The molecule has 0 aromatic heterocycles. The standard InChI is InChI=1S/C16H19NO/c1-2-12-18-16-10-8-15(9-11-16)17-13-14-6-4-3-5-7-14/h3-11,17H,2,12-13H2,1H3. The summed E-state index contributed by atoms with van der Waals surface area (Å²) in [5.74, 6) is 0.933. The van der Waals surface area contributed by atoms with E-state index in [1.807, 2.05) is 30.3 Å². The van der Waals surface area contributed by atoms with Gasteiger partial charge < -0.3 is 10.1 Å². The van der Waals surface area contributed by atoms with E-state index in [9.17, 15) is 0 Å². The minimum atomic E-state index is 0.775. The summed E-state index contributed by atoms with van der Waals surface area (Å²) in [6.45, 7) is 3.72. The van der Waals surface area contributed by atoms with Crippen LogP contribution in [0.4, 0.5) is 5.69 Å². The Morgan fingerprint density at radius 2 is 1.67 bits per heavy atom. The molecule has 0 aliphatic rings. The van der Waals surface area contributed by atoms with Gasteiger partial charge in [0.1, 0.15) is 5.75 Å². The molecule has 0 unspecified atom stereocenters. The first-order chi connectivity index (χ1) is 8.88. The monoisotopic (exact) mass is 241 g/mol. The Hall–Kier alpha value is -1.96. The highest BCUT2D eigenvalue weighted by molar-refractivity contribution is 5.46. The topological polar surface area (TPSA) is 21.3 Å². The molecule has 2 rings (SSSR count). The second kappa shape index (κ2) is 6.70. The number of hydrogen-bond donors (Lipinski definition) is 1. The molecule has 2 nitrogen and oxygen atoms in total. The molecule has 0 aliphatic carbocycles. The van der Waals surface area contributed by atoms with Crippen LogP contribution in [-0.2, 0) is 6.54 Å². The fraction of sp³-hybridized carbons (Fsp3) is 0.250. The molecule has 0 heterocycles. The smallest absolute Gasteiger partial charge is 0.119 e. The second-order valence-electron chi connectivity index (χ2n) is 4.21. The van der Waals surface area contributed by atoms with E-state index in [1.54, 1.807) is 0 Å². The van der Waals surface area contributed by atoms with Crippen molar-refractivity contribution >= 4 is 5.69 Å². The van der Waals surface area contributed by atoms with Crippen LogP contribution in [0.5, 0.6) is 5.75 Å². The zero-order chi connectivity index (χ0) is 12.6. The molecule has 0 amide bonds. The number of anilines is 1. The lowest BCUT2D eigenvalue weighted by Gasteiger charge is -2.08. The Balaban J connectivity index is 1.86. The van der Waals surface area contributed by atoms with Crippen molar-refractivity contribution in [1.82, 2.24) is 0 Å². The van der Waals surface area contributed by atoms with Crippen LogP contribution in [0.3, 0.4) is 0 Å². The molecule has 0 saturated carbocycles. The lowest BCUT2D eigenvalue weighted by molar-refractivity contribution is 0.317. The Morgan fingerprint density at radius 1 is 0.944 bits per heavy atom. The number of benzene rings is 2. The van der Waals surface area contributed by atoms with E-state index in [2.05, 4.69) is 36.5 Å². The van der Waals surface area contributed by atoms with Gasteiger partial charge in [-0.2, -0.15) is 0 Å². The van der Waals surface area contributed by atoms with Crippen molar-refractivity contribution in [1.29, 1.82) is 0 Å². The van der Waals surface area contributed by atoms with Gasteiger partial charge in [0.15, 0.2) is 0 Å². The minimum Gasteiger partial charge on any atom is -0.494 e. The Kier molecular flexibility index (Phi) is 4.65. The van der Waals surface area contributed by atoms with E-state index in [-0.39, 0.29) is 0 Å². The van der Waals surface area contributed by atoms with Crippen LogP contribution in [0.15, 0.2) is 54.6 Å². The largest absolute Gasteiger partial charge is 0.494 e. The lowest BCUT2D eigenvalue weighted by atomic mass is 10.2. The number of hydrogen-bond acceptors (Lipinski definition) is 2. The maximum atomic E-state index is 5.55. The maximum absolute atomic E-state index is 5.55. The van der Waals surface area contributed by atoms with Gasteiger partial charge >= 0.3 is 0 Å². The van der Waals surface area contributed by atoms with Gasteiger partial charge in [-0.05, 0) is 36.2 Å². The number of ether oxygens (including phenoxy) is 1. The SMILES string of the molecule is CCCOc1ccc(NCc2ccccc2)cc1.